The molecule has 0 saturated heterocycles. The summed E-state index contributed by atoms with van der Waals surface area (Å²) >= 11 is 0. The summed E-state index contributed by atoms with van der Waals surface area (Å²) < 4.78 is 10.4. The van der Waals surface area contributed by atoms with Gasteiger partial charge in [-0.3, -0.25) is 0 Å². The number of hydrogen-bond donors (Lipinski definition) is 1. The fourth-order valence-corrected chi connectivity index (χ4v) is 1.51. The van der Waals surface area contributed by atoms with Gasteiger partial charge in [0.25, 0.3) is 0 Å². The van der Waals surface area contributed by atoms with Crippen LogP contribution in [0.25, 0.3) is 11.4 Å². The minimum atomic E-state index is -0.222. The van der Waals surface area contributed by atoms with Gasteiger partial charge in [0.05, 0.1) is 11.8 Å². The quantitative estimate of drug-likeness (QED) is 0.879. The van der Waals surface area contributed by atoms with Gasteiger partial charge in [0.1, 0.15) is 5.76 Å². The van der Waals surface area contributed by atoms with E-state index in [0.717, 1.165) is 17.7 Å². The zero-order valence-corrected chi connectivity index (χ0v) is 10.4. The van der Waals surface area contributed by atoms with Crippen molar-refractivity contribution in [2.45, 2.75) is 39.2 Å². The summed E-state index contributed by atoms with van der Waals surface area (Å²) in [6, 6.07) is 1.83. The van der Waals surface area contributed by atoms with E-state index in [4.69, 9.17) is 14.7 Å². The average Bonchev–Trinajstić information content (AvgIpc) is 2.81. The number of hydrogen-bond acceptors (Lipinski definition) is 5. The van der Waals surface area contributed by atoms with E-state index in [2.05, 4.69) is 10.1 Å². The van der Waals surface area contributed by atoms with Crippen LogP contribution in [-0.2, 0) is 6.42 Å². The third-order valence-electron chi connectivity index (χ3n) is 2.55. The molecule has 2 rings (SSSR count). The lowest BCUT2D eigenvalue weighted by atomic mass is 10.0. The Hall–Kier alpha value is -1.62. The van der Waals surface area contributed by atoms with E-state index < -0.39 is 0 Å². The van der Waals surface area contributed by atoms with Crippen LogP contribution in [-0.4, -0.2) is 15.7 Å². The Bertz CT molecular complexity index is 494. The Labute approximate surface area is 100.0 Å². The van der Waals surface area contributed by atoms with Crippen molar-refractivity contribution in [2.24, 2.45) is 5.73 Å². The molecule has 2 heterocycles. The van der Waals surface area contributed by atoms with Crippen LogP contribution in [0.2, 0.25) is 0 Å². The van der Waals surface area contributed by atoms with Crippen molar-refractivity contribution < 1.29 is 8.94 Å². The van der Waals surface area contributed by atoms with Crippen molar-refractivity contribution >= 4 is 0 Å². The first-order valence-electron chi connectivity index (χ1n) is 5.62. The molecule has 0 fully saturated rings. The van der Waals surface area contributed by atoms with Gasteiger partial charge in [-0.25, -0.2) is 0 Å². The van der Waals surface area contributed by atoms with Gasteiger partial charge in [-0.15, -0.1) is 0 Å². The normalized spacial score (nSPS) is 12.0. The van der Waals surface area contributed by atoms with Gasteiger partial charge in [-0.05, 0) is 33.3 Å². The highest BCUT2D eigenvalue weighted by atomic mass is 16.5. The van der Waals surface area contributed by atoms with Crippen LogP contribution in [0.4, 0.5) is 0 Å². The van der Waals surface area contributed by atoms with Gasteiger partial charge < -0.3 is 14.7 Å². The van der Waals surface area contributed by atoms with E-state index >= 15 is 0 Å². The molecule has 2 aromatic rings. The minimum Gasteiger partial charge on any atom is -0.469 e. The molecule has 2 N–H and O–H groups in total. The lowest BCUT2D eigenvalue weighted by Gasteiger charge is -2.16. The molecule has 0 aliphatic rings. The number of aromatic nitrogens is 2. The van der Waals surface area contributed by atoms with Gasteiger partial charge >= 0.3 is 0 Å². The van der Waals surface area contributed by atoms with Crippen molar-refractivity contribution in [3.8, 4) is 11.4 Å². The highest BCUT2D eigenvalue weighted by Gasteiger charge is 2.16. The lowest BCUT2D eigenvalue weighted by Crippen LogP contribution is -2.32. The summed E-state index contributed by atoms with van der Waals surface area (Å²) in [5, 5.41) is 3.93. The molecule has 0 amide bonds. The second-order valence-electron chi connectivity index (χ2n) is 4.89. The highest BCUT2D eigenvalue weighted by molar-refractivity contribution is 5.55. The molecular weight excluding hydrogens is 218 g/mol. The molecule has 2 aromatic heterocycles. The smallest absolute Gasteiger partial charge is 0.227 e. The van der Waals surface area contributed by atoms with Crippen molar-refractivity contribution in [2.75, 3.05) is 0 Å². The summed E-state index contributed by atoms with van der Waals surface area (Å²) in [4.78, 5) is 4.32. The maximum absolute atomic E-state index is 5.90. The third-order valence-corrected chi connectivity index (χ3v) is 2.55. The molecule has 0 spiro atoms. The molecule has 0 saturated carbocycles. The van der Waals surface area contributed by atoms with Crippen molar-refractivity contribution in [3.63, 3.8) is 0 Å². The fraction of sp³-hybridized carbons (Fsp3) is 0.500. The summed E-state index contributed by atoms with van der Waals surface area (Å²) in [5.41, 5.74) is 6.55. The summed E-state index contributed by atoms with van der Waals surface area (Å²) in [7, 11) is 0. The number of aryl methyl sites for hydroxylation is 2. The third kappa shape index (κ3) is 2.94. The van der Waals surface area contributed by atoms with Crippen LogP contribution in [0.5, 0.6) is 0 Å². The zero-order chi connectivity index (χ0) is 12.5. The highest BCUT2D eigenvalue weighted by Crippen LogP contribution is 2.21. The monoisotopic (exact) mass is 235 g/mol. The van der Waals surface area contributed by atoms with Gasteiger partial charge in [-0.1, -0.05) is 5.16 Å². The zero-order valence-electron chi connectivity index (χ0n) is 10.4. The van der Waals surface area contributed by atoms with Crippen molar-refractivity contribution in [3.05, 3.63) is 24.0 Å². The molecule has 0 aliphatic heterocycles. The second-order valence-corrected chi connectivity index (χ2v) is 4.89. The summed E-state index contributed by atoms with van der Waals surface area (Å²) in [6.45, 7) is 5.82. The molecule has 0 radical (unpaired) electrons. The standard InChI is InChI=1S/C12H17N3O2/c1-8-9(5-7-16-8)11-14-10(17-15-11)4-6-12(2,3)13/h5,7H,4,6,13H2,1-3H3. The molecule has 92 valence electrons. The predicted molar refractivity (Wildman–Crippen MR) is 63.3 cm³/mol. The van der Waals surface area contributed by atoms with Gasteiger partial charge in [0.2, 0.25) is 11.7 Å². The van der Waals surface area contributed by atoms with E-state index in [1.165, 1.54) is 0 Å². The molecule has 5 heteroatoms. The first-order valence-corrected chi connectivity index (χ1v) is 5.62. The maximum Gasteiger partial charge on any atom is 0.227 e. The van der Waals surface area contributed by atoms with Crippen LogP contribution >= 0.6 is 0 Å². The van der Waals surface area contributed by atoms with Crippen molar-refractivity contribution in [1.82, 2.24) is 10.1 Å². The van der Waals surface area contributed by atoms with E-state index in [-0.39, 0.29) is 5.54 Å². The van der Waals surface area contributed by atoms with Crippen molar-refractivity contribution in [1.29, 1.82) is 0 Å². The average molecular weight is 235 g/mol. The molecule has 0 aromatic carbocycles. The number of rotatable bonds is 4. The number of furan rings is 1. The van der Waals surface area contributed by atoms with Crippen LogP contribution in [0, 0.1) is 6.92 Å². The molecule has 5 nitrogen and oxygen atoms in total. The summed E-state index contributed by atoms with van der Waals surface area (Å²) in [6.07, 6.45) is 3.11. The first kappa shape index (κ1) is 11.9. The largest absolute Gasteiger partial charge is 0.469 e. The number of nitrogens with two attached hydrogens (primary N) is 1. The van der Waals surface area contributed by atoms with Gasteiger partial charge in [0, 0.05) is 12.0 Å². The Morgan fingerprint density at radius 3 is 2.76 bits per heavy atom. The van der Waals surface area contributed by atoms with Crippen LogP contribution in [0.15, 0.2) is 21.3 Å². The fourth-order valence-electron chi connectivity index (χ4n) is 1.51. The molecule has 0 aliphatic carbocycles. The first-order chi connectivity index (χ1) is 7.96. The molecule has 0 unspecified atom stereocenters. The predicted octanol–water partition coefficient (Wildman–Crippen LogP) is 2.31. The summed E-state index contributed by atoms with van der Waals surface area (Å²) in [5.74, 6) is 1.97. The minimum absolute atomic E-state index is 0.222. The molecule has 0 bridgehead atoms. The molecular formula is C12H17N3O2. The van der Waals surface area contributed by atoms with E-state index in [1.54, 1.807) is 6.26 Å². The Morgan fingerprint density at radius 2 is 2.18 bits per heavy atom. The van der Waals surface area contributed by atoms with E-state index in [1.807, 2.05) is 26.8 Å². The molecule has 17 heavy (non-hydrogen) atoms. The van der Waals surface area contributed by atoms with Crippen LogP contribution in [0.3, 0.4) is 0 Å². The lowest BCUT2D eigenvalue weighted by molar-refractivity contribution is 0.358. The Morgan fingerprint density at radius 1 is 1.41 bits per heavy atom. The molecule has 0 atom stereocenters. The van der Waals surface area contributed by atoms with Crippen LogP contribution < -0.4 is 5.73 Å². The van der Waals surface area contributed by atoms with E-state index in [0.29, 0.717) is 18.1 Å². The van der Waals surface area contributed by atoms with Gasteiger partial charge in [-0.2, -0.15) is 4.98 Å². The Kier molecular flexibility index (Phi) is 3.02. The number of nitrogens with zero attached hydrogens (tertiary/aromatic N) is 2. The van der Waals surface area contributed by atoms with Crippen LogP contribution in [0.1, 0.15) is 31.9 Å². The maximum atomic E-state index is 5.90. The Balaban J connectivity index is 2.09. The van der Waals surface area contributed by atoms with Gasteiger partial charge in [0.15, 0.2) is 0 Å². The SMILES string of the molecule is Cc1occc1-c1noc(CCC(C)(C)N)n1. The second kappa shape index (κ2) is 4.33. The van der Waals surface area contributed by atoms with E-state index in [9.17, 15) is 0 Å². The topological polar surface area (TPSA) is 78.1 Å².